The molecular weight excluding hydrogens is 296 g/mol. The monoisotopic (exact) mass is 322 g/mol. The van der Waals surface area contributed by atoms with Gasteiger partial charge in [0.2, 0.25) is 0 Å². The third-order valence-corrected chi connectivity index (χ3v) is 3.21. The number of pyridine rings is 1. The molecule has 7 heteroatoms. The van der Waals surface area contributed by atoms with Gasteiger partial charge in [-0.1, -0.05) is 0 Å². The van der Waals surface area contributed by atoms with E-state index >= 15 is 0 Å². The summed E-state index contributed by atoms with van der Waals surface area (Å²) in [7, 11) is 0. The van der Waals surface area contributed by atoms with Gasteiger partial charge in [-0.05, 0) is 32.9 Å². The minimum Gasteiger partial charge on any atom is -0.444 e. The summed E-state index contributed by atoms with van der Waals surface area (Å²) in [6.45, 7) is 9.86. The van der Waals surface area contributed by atoms with Crippen molar-refractivity contribution in [2.24, 2.45) is 0 Å². The van der Waals surface area contributed by atoms with E-state index in [0.29, 0.717) is 13.1 Å². The predicted molar refractivity (Wildman–Crippen MR) is 90.0 cm³/mol. The lowest BCUT2D eigenvalue weighted by molar-refractivity contribution is 0.0530. The molecule has 1 aromatic rings. The van der Waals surface area contributed by atoms with E-state index in [1.54, 1.807) is 6.20 Å². The lowest BCUT2D eigenvalue weighted by Gasteiger charge is -2.27. The predicted octanol–water partition coefficient (Wildman–Crippen LogP) is 1.85. The van der Waals surface area contributed by atoms with Gasteiger partial charge in [-0.2, -0.15) is 0 Å². The molecule has 2 heterocycles. The molecule has 23 heavy (non-hydrogen) atoms. The first kappa shape index (κ1) is 17.3. The summed E-state index contributed by atoms with van der Waals surface area (Å²) in [6.07, 6.45) is 1.40. The standard InChI is InChI=1S/C16H26N4O3/c1-16(2,3)23-15(21)18-7-6-17-13-4-5-14(19-12-13)20-8-10-22-11-9-20/h4-5,12,17H,6-11H2,1-3H3,(H,18,21). The van der Waals surface area contributed by atoms with Gasteiger partial charge in [-0.25, -0.2) is 9.78 Å². The molecule has 0 spiro atoms. The van der Waals surface area contributed by atoms with Crippen LogP contribution in [0.5, 0.6) is 0 Å². The summed E-state index contributed by atoms with van der Waals surface area (Å²) in [5.74, 6) is 0.964. The largest absolute Gasteiger partial charge is 0.444 e. The van der Waals surface area contributed by atoms with Crippen molar-refractivity contribution in [3.8, 4) is 0 Å². The van der Waals surface area contributed by atoms with E-state index in [1.807, 2.05) is 32.9 Å². The maximum atomic E-state index is 11.5. The Morgan fingerprint density at radius 1 is 1.30 bits per heavy atom. The highest BCUT2D eigenvalue weighted by Crippen LogP contribution is 2.15. The van der Waals surface area contributed by atoms with Crippen molar-refractivity contribution in [2.45, 2.75) is 26.4 Å². The summed E-state index contributed by atoms with van der Waals surface area (Å²) in [6, 6.07) is 3.99. The van der Waals surface area contributed by atoms with Crippen LogP contribution in [0.25, 0.3) is 0 Å². The fourth-order valence-corrected chi connectivity index (χ4v) is 2.16. The van der Waals surface area contributed by atoms with Crippen LogP contribution in [0.1, 0.15) is 20.8 Å². The maximum Gasteiger partial charge on any atom is 0.407 e. The third-order valence-electron chi connectivity index (χ3n) is 3.21. The molecule has 0 bridgehead atoms. The van der Waals surface area contributed by atoms with Crippen molar-refractivity contribution < 1.29 is 14.3 Å². The van der Waals surface area contributed by atoms with Gasteiger partial charge in [0.05, 0.1) is 25.1 Å². The SMILES string of the molecule is CC(C)(C)OC(=O)NCCNc1ccc(N2CCOCC2)nc1. The van der Waals surface area contributed by atoms with Gasteiger partial charge < -0.3 is 25.0 Å². The van der Waals surface area contributed by atoms with Gasteiger partial charge in [0.15, 0.2) is 0 Å². The number of anilines is 2. The van der Waals surface area contributed by atoms with Gasteiger partial charge in [0.25, 0.3) is 0 Å². The van der Waals surface area contributed by atoms with Gasteiger partial charge in [0.1, 0.15) is 11.4 Å². The first-order valence-electron chi connectivity index (χ1n) is 7.93. The lowest BCUT2D eigenvalue weighted by atomic mass is 10.2. The Bertz CT molecular complexity index is 493. The Kier molecular flexibility index (Phi) is 6.04. The topological polar surface area (TPSA) is 75.7 Å². The molecule has 2 N–H and O–H groups in total. The number of morpholine rings is 1. The molecule has 1 aliphatic heterocycles. The molecule has 1 amide bonds. The molecule has 0 aliphatic carbocycles. The first-order chi connectivity index (χ1) is 10.9. The number of nitrogens with zero attached hydrogens (tertiary/aromatic N) is 2. The fourth-order valence-electron chi connectivity index (χ4n) is 2.16. The van der Waals surface area contributed by atoms with Crippen molar-refractivity contribution >= 4 is 17.6 Å². The highest BCUT2D eigenvalue weighted by atomic mass is 16.6. The van der Waals surface area contributed by atoms with Crippen molar-refractivity contribution in [2.75, 3.05) is 49.6 Å². The quantitative estimate of drug-likeness (QED) is 0.806. The number of carbonyl (C=O) groups excluding carboxylic acids is 1. The lowest BCUT2D eigenvalue weighted by Crippen LogP contribution is -2.36. The Balaban J connectivity index is 1.69. The van der Waals surface area contributed by atoms with Crippen molar-refractivity contribution in [3.63, 3.8) is 0 Å². The molecule has 0 radical (unpaired) electrons. The summed E-state index contributed by atoms with van der Waals surface area (Å²) in [5.41, 5.74) is 0.449. The number of carbonyl (C=O) groups is 1. The van der Waals surface area contributed by atoms with Crippen LogP contribution < -0.4 is 15.5 Å². The molecule has 1 aromatic heterocycles. The Hall–Kier alpha value is -2.02. The van der Waals surface area contributed by atoms with Crippen molar-refractivity contribution in [3.05, 3.63) is 18.3 Å². The minimum absolute atomic E-state index is 0.403. The molecule has 1 aliphatic rings. The van der Waals surface area contributed by atoms with Crippen LogP contribution in [0.2, 0.25) is 0 Å². The van der Waals surface area contributed by atoms with Crippen LogP contribution in [0.15, 0.2) is 18.3 Å². The fraction of sp³-hybridized carbons (Fsp3) is 0.625. The highest BCUT2D eigenvalue weighted by Gasteiger charge is 2.15. The number of alkyl carbamates (subject to hydrolysis) is 1. The minimum atomic E-state index is -0.475. The molecular formula is C16H26N4O3. The zero-order valence-corrected chi connectivity index (χ0v) is 14.1. The normalized spacial score (nSPS) is 15.2. The number of aromatic nitrogens is 1. The number of rotatable bonds is 5. The number of hydrogen-bond acceptors (Lipinski definition) is 6. The zero-order valence-electron chi connectivity index (χ0n) is 14.1. The second-order valence-electron chi connectivity index (χ2n) is 6.36. The second kappa shape index (κ2) is 8.01. The third kappa shape index (κ3) is 6.32. The van der Waals surface area contributed by atoms with E-state index in [1.165, 1.54) is 0 Å². The van der Waals surface area contributed by atoms with Gasteiger partial charge in [-0.15, -0.1) is 0 Å². The number of hydrogen-bond donors (Lipinski definition) is 2. The van der Waals surface area contributed by atoms with E-state index in [4.69, 9.17) is 9.47 Å². The Morgan fingerprint density at radius 3 is 2.65 bits per heavy atom. The van der Waals surface area contributed by atoms with E-state index in [9.17, 15) is 4.79 Å². The van der Waals surface area contributed by atoms with Crippen LogP contribution in [-0.4, -0.2) is 56.1 Å². The number of ether oxygens (including phenoxy) is 2. The zero-order chi connectivity index (χ0) is 16.7. The van der Waals surface area contributed by atoms with E-state index in [-0.39, 0.29) is 0 Å². The average molecular weight is 322 g/mol. The van der Waals surface area contributed by atoms with Crippen molar-refractivity contribution in [1.82, 2.24) is 10.3 Å². The summed E-state index contributed by atoms with van der Waals surface area (Å²) < 4.78 is 10.5. The molecule has 7 nitrogen and oxygen atoms in total. The van der Waals surface area contributed by atoms with Crippen LogP contribution in [0, 0.1) is 0 Å². The first-order valence-corrected chi connectivity index (χ1v) is 7.93. The smallest absolute Gasteiger partial charge is 0.407 e. The second-order valence-corrected chi connectivity index (χ2v) is 6.36. The Labute approximate surface area is 137 Å². The highest BCUT2D eigenvalue weighted by molar-refractivity contribution is 5.67. The molecule has 0 atom stereocenters. The number of nitrogens with one attached hydrogen (secondary N) is 2. The summed E-state index contributed by atoms with van der Waals surface area (Å²) in [5, 5.41) is 5.92. The number of amides is 1. The molecule has 1 fully saturated rings. The van der Waals surface area contributed by atoms with Crippen LogP contribution >= 0.6 is 0 Å². The van der Waals surface area contributed by atoms with Crippen molar-refractivity contribution in [1.29, 1.82) is 0 Å². The van der Waals surface area contributed by atoms with E-state index in [0.717, 1.165) is 37.8 Å². The molecule has 0 saturated carbocycles. The molecule has 2 rings (SSSR count). The Morgan fingerprint density at radius 2 is 2.04 bits per heavy atom. The van der Waals surface area contributed by atoms with Gasteiger partial charge in [0, 0.05) is 26.2 Å². The average Bonchev–Trinajstić information content (AvgIpc) is 2.51. The molecule has 1 saturated heterocycles. The summed E-state index contributed by atoms with van der Waals surface area (Å²) >= 11 is 0. The van der Waals surface area contributed by atoms with Gasteiger partial charge >= 0.3 is 6.09 Å². The van der Waals surface area contributed by atoms with E-state index < -0.39 is 11.7 Å². The van der Waals surface area contributed by atoms with Crippen LogP contribution in [0.4, 0.5) is 16.3 Å². The molecule has 0 unspecified atom stereocenters. The van der Waals surface area contributed by atoms with E-state index in [2.05, 4.69) is 20.5 Å². The van der Waals surface area contributed by atoms with Crippen LogP contribution in [-0.2, 0) is 9.47 Å². The van der Waals surface area contributed by atoms with Crippen LogP contribution in [0.3, 0.4) is 0 Å². The van der Waals surface area contributed by atoms with Gasteiger partial charge in [-0.3, -0.25) is 0 Å². The molecule has 0 aromatic carbocycles. The summed E-state index contributed by atoms with van der Waals surface area (Å²) in [4.78, 5) is 18.2. The molecule has 128 valence electrons. The maximum absolute atomic E-state index is 11.5.